The average molecular weight is 308 g/mol. The summed E-state index contributed by atoms with van der Waals surface area (Å²) in [6.07, 6.45) is 1.12. The summed E-state index contributed by atoms with van der Waals surface area (Å²) < 4.78 is 0. The number of nitrogens with two attached hydrogens (primary N) is 1. The van der Waals surface area contributed by atoms with Crippen LogP contribution in [0, 0.1) is 5.41 Å². The first kappa shape index (κ1) is 21.5. The normalized spacial score (nSPS) is 12.3. The highest BCUT2D eigenvalue weighted by Gasteiger charge is 2.26. The van der Waals surface area contributed by atoms with Crippen molar-refractivity contribution in [2.24, 2.45) is 11.1 Å². The van der Waals surface area contributed by atoms with Crippen LogP contribution in [0.2, 0.25) is 0 Å². The van der Waals surface area contributed by atoms with Gasteiger partial charge in [-0.05, 0) is 25.7 Å². The molecule has 0 bridgehead atoms. The predicted octanol–water partition coefficient (Wildman–Crippen LogP) is 1.55. The largest absolute Gasteiger partial charge is 0.355 e. The number of carbonyl (C=O) groups is 2. The van der Waals surface area contributed by atoms with Crippen molar-refractivity contribution in [3.8, 4) is 0 Å². The summed E-state index contributed by atoms with van der Waals surface area (Å²) >= 11 is 0. The van der Waals surface area contributed by atoms with Gasteiger partial charge in [0, 0.05) is 26.1 Å². The number of rotatable bonds is 7. The van der Waals surface area contributed by atoms with Gasteiger partial charge in [-0.3, -0.25) is 9.59 Å². The summed E-state index contributed by atoms with van der Waals surface area (Å²) in [5.41, 5.74) is 5.59. The van der Waals surface area contributed by atoms with Gasteiger partial charge in [-0.1, -0.05) is 20.8 Å². The van der Waals surface area contributed by atoms with E-state index in [9.17, 15) is 9.59 Å². The Balaban J connectivity index is 0. The highest BCUT2D eigenvalue weighted by Crippen LogP contribution is 2.17. The monoisotopic (exact) mass is 307 g/mol. The molecule has 120 valence electrons. The van der Waals surface area contributed by atoms with Crippen LogP contribution in [0.5, 0.6) is 0 Å². The van der Waals surface area contributed by atoms with E-state index in [0.29, 0.717) is 19.4 Å². The fourth-order valence-corrected chi connectivity index (χ4v) is 1.69. The van der Waals surface area contributed by atoms with Crippen LogP contribution in [0.1, 0.15) is 47.5 Å². The molecule has 0 aromatic rings. The Bertz CT molecular complexity index is 299. The van der Waals surface area contributed by atoms with Crippen LogP contribution in [-0.4, -0.2) is 42.4 Å². The van der Waals surface area contributed by atoms with E-state index >= 15 is 0 Å². The van der Waals surface area contributed by atoms with Crippen LogP contribution < -0.4 is 11.1 Å². The molecular formula is C14H30ClN3O2. The summed E-state index contributed by atoms with van der Waals surface area (Å²) in [6, 6.07) is -0.522. The zero-order valence-corrected chi connectivity index (χ0v) is 14.2. The Hall–Kier alpha value is -0.810. The molecule has 0 aromatic carbocycles. The number of hydrogen-bond donors (Lipinski definition) is 2. The quantitative estimate of drug-likeness (QED) is 0.701. The maximum absolute atomic E-state index is 11.7. The van der Waals surface area contributed by atoms with Crippen LogP contribution in [0.3, 0.4) is 0 Å². The smallest absolute Gasteiger partial charge is 0.237 e. The third-order valence-electron chi connectivity index (χ3n) is 3.20. The highest BCUT2D eigenvalue weighted by molar-refractivity contribution is 5.85. The summed E-state index contributed by atoms with van der Waals surface area (Å²) in [7, 11) is 0. The predicted molar refractivity (Wildman–Crippen MR) is 84.9 cm³/mol. The molecule has 0 aliphatic carbocycles. The number of amides is 2. The summed E-state index contributed by atoms with van der Waals surface area (Å²) in [6.45, 7) is 11.7. The molecule has 0 aliphatic heterocycles. The van der Waals surface area contributed by atoms with Crippen LogP contribution >= 0.6 is 12.4 Å². The molecule has 0 rings (SSSR count). The summed E-state index contributed by atoms with van der Waals surface area (Å²) in [5, 5.41) is 2.78. The van der Waals surface area contributed by atoms with E-state index in [2.05, 4.69) is 5.32 Å². The topological polar surface area (TPSA) is 75.4 Å². The maximum atomic E-state index is 11.7. The molecule has 1 atom stereocenters. The fraction of sp³-hybridized carbons (Fsp3) is 0.857. The van der Waals surface area contributed by atoms with Crippen molar-refractivity contribution in [2.45, 2.75) is 53.5 Å². The van der Waals surface area contributed by atoms with Crippen LogP contribution in [0.4, 0.5) is 0 Å². The van der Waals surface area contributed by atoms with Crippen LogP contribution in [-0.2, 0) is 9.59 Å². The lowest BCUT2D eigenvalue weighted by atomic mass is 9.87. The first-order valence-electron chi connectivity index (χ1n) is 7.05. The molecular weight excluding hydrogens is 278 g/mol. The summed E-state index contributed by atoms with van der Waals surface area (Å²) in [4.78, 5) is 25.3. The number of hydrogen-bond acceptors (Lipinski definition) is 3. The Labute approximate surface area is 129 Å². The Morgan fingerprint density at radius 1 is 1.20 bits per heavy atom. The molecule has 0 saturated heterocycles. The Morgan fingerprint density at radius 3 is 2.10 bits per heavy atom. The molecule has 0 fully saturated rings. The van der Waals surface area contributed by atoms with Crippen molar-refractivity contribution >= 4 is 24.2 Å². The molecule has 20 heavy (non-hydrogen) atoms. The number of halogens is 1. The van der Waals surface area contributed by atoms with Crippen molar-refractivity contribution in [3.05, 3.63) is 0 Å². The second-order valence-corrected chi connectivity index (χ2v) is 5.80. The lowest BCUT2D eigenvalue weighted by Gasteiger charge is -2.25. The first-order chi connectivity index (χ1) is 8.73. The van der Waals surface area contributed by atoms with E-state index in [1.807, 2.05) is 34.6 Å². The van der Waals surface area contributed by atoms with Gasteiger partial charge < -0.3 is 16.0 Å². The third kappa shape index (κ3) is 7.70. The standard InChI is InChI=1S/C14H29N3O2.ClH/c1-6-17(7-2)11(18)9-8-10-16-13(19)12(15)14(3,4)5;/h12H,6-10,15H2,1-5H3,(H,16,19);1H/t12-;/m1./s1. The minimum atomic E-state index is -0.522. The molecule has 2 amide bonds. The van der Waals surface area contributed by atoms with Crippen LogP contribution in [0.25, 0.3) is 0 Å². The van der Waals surface area contributed by atoms with Gasteiger partial charge in [-0.15, -0.1) is 12.4 Å². The van der Waals surface area contributed by atoms with Crippen molar-refractivity contribution in [2.75, 3.05) is 19.6 Å². The number of carbonyl (C=O) groups excluding carboxylic acids is 2. The Kier molecular flexibility index (Phi) is 10.7. The fourth-order valence-electron chi connectivity index (χ4n) is 1.69. The van der Waals surface area contributed by atoms with Gasteiger partial charge in [0.1, 0.15) is 0 Å². The molecule has 0 radical (unpaired) electrons. The average Bonchev–Trinajstić information content (AvgIpc) is 2.33. The Morgan fingerprint density at radius 2 is 1.70 bits per heavy atom. The lowest BCUT2D eigenvalue weighted by molar-refractivity contribution is -0.131. The van der Waals surface area contributed by atoms with Gasteiger partial charge in [0.25, 0.3) is 0 Å². The van der Waals surface area contributed by atoms with Crippen molar-refractivity contribution in [3.63, 3.8) is 0 Å². The van der Waals surface area contributed by atoms with Gasteiger partial charge in [0.2, 0.25) is 11.8 Å². The summed E-state index contributed by atoms with van der Waals surface area (Å²) in [5.74, 6) is -0.0119. The second kappa shape index (κ2) is 10.00. The van der Waals surface area contributed by atoms with E-state index in [-0.39, 0.29) is 29.6 Å². The molecule has 3 N–H and O–H groups in total. The van der Waals surface area contributed by atoms with E-state index in [1.54, 1.807) is 4.90 Å². The zero-order valence-electron chi connectivity index (χ0n) is 13.4. The van der Waals surface area contributed by atoms with Crippen LogP contribution in [0.15, 0.2) is 0 Å². The van der Waals surface area contributed by atoms with Crippen molar-refractivity contribution in [1.82, 2.24) is 10.2 Å². The molecule has 6 heteroatoms. The van der Waals surface area contributed by atoms with Gasteiger partial charge in [-0.2, -0.15) is 0 Å². The molecule has 0 unspecified atom stereocenters. The molecule has 0 heterocycles. The van der Waals surface area contributed by atoms with Gasteiger partial charge in [0.05, 0.1) is 6.04 Å². The molecule has 0 spiro atoms. The van der Waals surface area contributed by atoms with E-state index in [0.717, 1.165) is 13.1 Å². The second-order valence-electron chi connectivity index (χ2n) is 5.80. The number of nitrogens with zero attached hydrogens (tertiary/aromatic N) is 1. The molecule has 0 aromatic heterocycles. The van der Waals surface area contributed by atoms with Gasteiger partial charge >= 0.3 is 0 Å². The van der Waals surface area contributed by atoms with E-state index in [1.165, 1.54) is 0 Å². The highest BCUT2D eigenvalue weighted by atomic mass is 35.5. The molecule has 0 saturated carbocycles. The minimum absolute atomic E-state index is 0. The molecule has 5 nitrogen and oxygen atoms in total. The van der Waals surface area contributed by atoms with E-state index < -0.39 is 6.04 Å². The first-order valence-corrected chi connectivity index (χ1v) is 7.05. The van der Waals surface area contributed by atoms with E-state index in [4.69, 9.17) is 5.73 Å². The van der Waals surface area contributed by atoms with Gasteiger partial charge in [-0.25, -0.2) is 0 Å². The minimum Gasteiger partial charge on any atom is -0.355 e. The SMILES string of the molecule is CCN(CC)C(=O)CCCNC(=O)[C@@H](N)C(C)(C)C.Cl. The van der Waals surface area contributed by atoms with Crippen molar-refractivity contribution < 1.29 is 9.59 Å². The van der Waals surface area contributed by atoms with Gasteiger partial charge in [0.15, 0.2) is 0 Å². The zero-order chi connectivity index (χ0) is 15.1. The lowest BCUT2D eigenvalue weighted by Crippen LogP contribution is -2.48. The third-order valence-corrected chi connectivity index (χ3v) is 3.20. The number of nitrogens with one attached hydrogen (secondary N) is 1. The van der Waals surface area contributed by atoms with Crippen molar-refractivity contribution in [1.29, 1.82) is 0 Å². The molecule has 0 aliphatic rings. The maximum Gasteiger partial charge on any atom is 0.237 e.